The zero-order valence-electron chi connectivity index (χ0n) is 16.7. The van der Waals surface area contributed by atoms with Gasteiger partial charge in [0.05, 0.1) is 0 Å². The fourth-order valence-electron chi connectivity index (χ4n) is 3.94. The van der Waals surface area contributed by atoms with Crippen LogP contribution in [0, 0.1) is 6.92 Å². The summed E-state index contributed by atoms with van der Waals surface area (Å²) in [4.78, 5) is 27.4. The maximum atomic E-state index is 13.6. The van der Waals surface area contributed by atoms with Gasteiger partial charge in [0.1, 0.15) is 6.04 Å². The summed E-state index contributed by atoms with van der Waals surface area (Å²) in [5.74, 6) is -1.94. The normalized spacial score (nSPS) is 16.1. The van der Waals surface area contributed by atoms with Crippen LogP contribution in [0.2, 0.25) is 0 Å². The average molecular weight is 436 g/mol. The summed E-state index contributed by atoms with van der Waals surface area (Å²) in [6, 6.07) is 13.7. The van der Waals surface area contributed by atoms with Crippen molar-refractivity contribution in [2.75, 3.05) is 0 Å². The van der Waals surface area contributed by atoms with E-state index >= 15 is 0 Å². The molecule has 0 radical (unpaired) electrons. The number of halogens is 3. The van der Waals surface area contributed by atoms with Gasteiger partial charge in [0.15, 0.2) is 0 Å². The van der Waals surface area contributed by atoms with Crippen LogP contribution in [0.1, 0.15) is 49.3 Å². The molecule has 2 aromatic carbocycles. The first-order chi connectivity index (χ1) is 14.3. The fraction of sp³-hybridized carbons (Fsp3) is 0.391. The fourth-order valence-corrected chi connectivity index (χ4v) is 4.82. The second-order valence-electron chi connectivity index (χ2n) is 7.50. The zero-order chi connectivity index (χ0) is 21.7. The molecule has 1 atom stereocenters. The van der Waals surface area contributed by atoms with Crippen molar-refractivity contribution in [3.63, 3.8) is 0 Å². The molecule has 2 aromatic rings. The van der Waals surface area contributed by atoms with Gasteiger partial charge in [-0.15, -0.1) is 0 Å². The minimum absolute atomic E-state index is 0.439. The van der Waals surface area contributed by atoms with Gasteiger partial charge in [-0.1, -0.05) is 61.7 Å². The van der Waals surface area contributed by atoms with Crippen molar-refractivity contribution in [1.82, 2.24) is 4.90 Å². The van der Waals surface area contributed by atoms with Gasteiger partial charge in [-0.3, -0.25) is 9.59 Å². The van der Waals surface area contributed by atoms with Crippen LogP contribution < -0.4 is 0 Å². The van der Waals surface area contributed by atoms with Crippen molar-refractivity contribution in [1.29, 1.82) is 0 Å². The summed E-state index contributed by atoms with van der Waals surface area (Å²) in [6.07, 6.45) is -1.71. The van der Waals surface area contributed by atoms with Crippen LogP contribution in [0.15, 0.2) is 59.5 Å². The first kappa shape index (κ1) is 22.4. The third-order valence-electron chi connectivity index (χ3n) is 5.39. The van der Waals surface area contributed by atoms with Gasteiger partial charge in [0, 0.05) is 10.9 Å². The van der Waals surface area contributed by atoms with E-state index in [-0.39, 0.29) is 0 Å². The lowest BCUT2D eigenvalue weighted by Crippen LogP contribution is -2.51. The third-order valence-corrected chi connectivity index (χ3v) is 6.32. The lowest BCUT2D eigenvalue weighted by Gasteiger charge is -2.40. The minimum atomic E-state index is -5.05. The van der Waals surface area contributed by atoms with Gasteiger partial charge in [-0.25, -0.2) is 0 Å². The zero-order valence-corrected chi connectivity index (χ0v) is 17.5. The van der Waals surface area contributed by atoms with E-state index in [0.717, 1.165) is 35.9 Å². The number of carbonyl (C=O) groups excluding carboxylic acids is 2. The van der Waals surface area contributed by atoms with E-state index in [1.165, 1.54) is 0 Å². The lowest BCUT2D eigenvalue weighted by atomic mass is 9.91. The van der Waals surface area contributed by atoms with Gasteiger partial charge in [-0.2, -0.15) is 13.2 Å². The highest BCUT2D eigenvalue weighted by Crippen LogP contribution is 2.39. The van der Waals surface area contributed by atoms with Gasteiger partial charge in [0.25, 0.3) is 0 Å². The molecule has 0 aromatic heterocycles. The second kappa shape index (κ2) is 9.69. The number of hydrogen-bond acceptors (Lipinski definition) is 3. The Morgan fingerprint density at radius 1 is 0.967 bits per heavy atom. The van der Waals surface area contributed by atoms with Crippen molar-refractivity contribution < 1.29 is 22.8 Å². The summed E-state index contributed by atoms with van der Waals surface area (Å²) in [5, 5.41) is -0.487. The Morgan fingerprint density at radius 2 is 1.57 bits per heavy atom. The van der Waals surface area contributed by atoms with Crippen LogP contribution in [0.4, 0.5) is 13.2 Å². The van der Waals surface area contributed by atoms with E-state index in [0.29, 0.717) is 28.9 Å². The highest BCUT2D eigenvalue weighted by molar-refractivity contribution is 8.13. The van der Waals surface area contributed by atoms with Gasteiger partial charge < -0.3 is 4.90 Å². The monoisotopic (exact) mass is 435 g/mol. The summed E-state index contributed by atoms with van der Waals surface area (Å²) in [6.45, 7) is 1.75. The standard InChI is InChI=1S/C23H24F3NO2S/c1-16-10-8-9-15-19(16)20(21(28)30-18-13-6-3-7-14-18)27(22(29)23(24,25)26)17-11-4-2-5-12-17/h3,6-10,13-15,17,20H,2,4-5,11-12H2,1H3. The molecule has 0 N–H and O–H groups in total. The first-order valence-corrected chi connectivity index (χ1v) is 10.8. The highest BCUT2D eigenvalue weighted by atomic mass is 32.2. The number of amides is 1. The number of thioether (sulfide) groups is 1. The van der Waals surface area contributed by atoms with Crippen molar-refractivity contribution >= 4 is 22.8 Å². The maximum absolute atomic E-state index is 13.6. The summed E-state index contributed by atoms with van der Waals surface area (Å²) < 4.78 is 40.8. The molecule has 3 nitrogen and oxygen atoms in total. The van der Waals surface area contributed by atoms with Crippen molar-refractivity contribution in [2.45, 2.75) is 62.2 Å². The van der Waals surface area contributed by atoms with Gasteiger partial charge >= 0.3 is 12.1 Å². The summed E-state index contributed by atoms with van der Waals surface area (Å²) >= 11 is 0.875. The van der Waals surface area contributed by atoms with E-state index in [1.807, 2.05) is 0 Å². The van der Waals surface area contributed by atoms with E-state index in [9.17, 15) is 22.8 Å². The van der Waals surface area contributed by atoms with Crippen LogP contribution in [0.5, 0.6) is 0 Å². The Kier molecular flexibility index (Phi) is 7.23. The number of carbonyl (C=O) groups is 2. The van der Waals surface area contributed by atoms with Crippen LogP contribution in [-0.4, -0.2) is 28.1 Å². The van der Waals surface area contributed by atoms with Crippen molar-refractivity contribution in [3.05, 3.63) is 65.7 Å². The Hall–Kier alpha value is -2.28. The number of aryl methyl sites for hydroxylation is 1. The predicted molar refractivity (Wildman–Crippen MR) is 111 cm³/mol. The number of alkyl halides is 3. The van der Waals surface area contributed by atoms with Gasteiger partial charge in [-0.05, 0) is 54.8 Å². The first-order valence-electron chi connectivity index (χ1n) is 10.0. The van der Waals surface area contributed by atoms with E-state index < -0.39 is 29.3 Å². The number of hydrogen-bond donors (Lipinski definition) is 0. The van der Waals surface area contributed by atoms with E-state index in [1.54, 1.807) is 61.5 Å². The molecule has 1 aliphatic rings. The molecular formula is C23H24F3NO2S. The summed E-state index contributed by atoms with van der Waals surface area (Å²) in [7, 11) is 0. The Bertz CT molecular complexity index is 880. The topological polar surface area (TPSA) is 37.4 Å². The predicted octanol–water partition coefficient (Wildman–Crippen LogP) is 6.08. The molecule has 1 fully saturated rings. The van der Waals surface area contributed by atoms with E-state index in [4.69, 9.17) is 0 Å². The molecule has 1 unspecified atom stereocenters. The van der Waals surface area contributed by atoms with Crippen molar-refractivity contribution in [2.24, 2.45) is 0 Å². The average Bonchev–Trinajstić information content (AvgIpc) is 2.73. The van der Waals surface area contributed by atoms with Crippen LogP contribution in [-0.2, 0) is 9.59 Å². The summed E-state index contributed by atoms with van der Waals surface area (Å²) in [5.41, 5.74) is 1.12. The Balaban J connectivity index is 2.07. The second-order valence-corrected chi connectivity index (χ2v) is 8.57. The molecule has 0 saturated heterocycles. The van der Waals surface area contributed by atoms with Crippen LogP contribution >= 0.6 is 11.8 Å². The lowest BCUT2D eigenvalue weighted by molar-refractivity contribution is -0.191. The molecule has 3 rings (SSSR count). The maximum Gasteiger partial charge on any atom is 0.471 e. The number of benzene rings is 2. The molecule has 1 amide bonds. The molecule has 0 spiro atoms. The molecule has 7 heteroatoms. The largest absolute Gasteiger partial charge is 0.471 e. The SMILES string of the molecule is Cc1ccccc1C(C(=O)Sc1ccccc1)N(C(=O)C(F)(F)F)C1CCCCC1. The van der Waals surface area contributed by atoms with Crippen LogP contribution in [0.3, 0.4) is 0 Å². The van der Waals surface area contributed by atoms with Gasteiger partial charge in [0.2, 0.25) is 5.12 Å². The molecule has 160 valence electrons. The molecule has 30 heavy (non-hydrogen) atoms. The Labute approximate surface area is 178 Å². The Morgan fingerprint density at radius 3 is 2.17 bits per heavy atom. The minimum Gasteiger partial charge on any atom is -0.317 e. The molecule has 1 aliphatic carbocycles. The smallest absolute Gasteiger partial charge is 0.317 e. The van der Waals surface area contributed by atoms with Crippen LogP contribution in [0.25, 0.3) is 0 Å². The molecule has 0 aliphatic heterocycles. The highest BCUT2D eigenvalue weighted by Gasteiger charge is 2.49. The number of rotatable bonds is 5. The molecule has 0 heterocycles. The number of nitrogens with zero attached hydrogens (tertiary/aromatic N) is 1. The van der Waals surface area contributed by atoms with Crippen molar-refractivity contribution in [3.8, 4) is 0 Å². The molecular weight excluding hydrogens is 411 g/mol. The third kappa shape index (κ3) is 5.25. The quantitative estimate of drug-likeness (QED) is 0.534. The molecule has 0 bridgehead atoms. The van der Waals surface area contributed by atoms with E-state index in [2.05, 4.69) is 0 Å². The molecule has 1 saturated carbocycles.